The monoisotopic (exact) mass is 189 g/mol. The number of nitrogens with one attached hydrogen (secondary N) is 1. The highest BCUT2D eigenvalue weighted by molar-refractivity contribution is 5.81. The molecule has 1 N–H and O–H groups in total. The Kier molecular flexibility index (Phi) is 2.53. The molecule has 0 spiro atoms. The lowest BCUT2D eigenvalue weighted by atomic mass is 10.2. The van der Waals surface area contributed by atoms with Crippen LogP contribution in [0.2, 0.25) is 0 Å². The second-order valence-electron chi connectivity index (χ2n) is 4.02. The quantitative estimate of drug-likeness (QED) is 0.773. The topological polar surface area (TPSA) is 29.1 Å². The smallest absolute Gasteiger partial charge is 0.223 e. The standard InChI is InChI=1S/C12H15NO/c1-9-7-11(9)12(14)13-8-10-5-3-2-4-6-10/h2-6,9,11H,7-8H2,1H3,(H,13,14)/t9?,11-/m1/s1. The zero-order valence-electron chi connectivity index (χ0n) is 8.36. The Morgan fingerprint density at radius 2 is 2.07 bits per heavy atom. The van der Waals surface area contributed by atoms with Gasteiger partial charge in [0.25, 0.3) is 0 Å². The van der Waals surface area contributed by atoms with Crippen LogP contribution in [0.4, 0.5) is 0 Å². The van der Waals surface area contributed by atoms with Gasteiger partial charge in [0.15, 0.2) is 0 Å². The van der Waals surface area contributed by atoms with Crippen molar-refractivity contribution in [3.8, 4) is 0 Å². The molecular weight excluding hydrogens is 174 g/mol. The summed E-state index contributed by atoms with van der Waals surface area (Å²) < 4.78 is 0. The summed E-state index contributed by atoms with van der Waals surface area (Å²) in [7, 11) is 0. The summed E-state index contributed by atoms with van der Waals surface area (Å²) in [5.74, 6) is 1.07. The summed E-state index contributed by atoms with van der Waals surface area (Å²) in [6.07, 6.45) is 1.06. The van der Waals surface area contributed by atoms with Gasteiger partial charge in [0.2, 0.25) is 5.91 Å². The summed E-state index contributed by atoms with van der Waals surface area (Å²) in [6.45, 7) is 2.77. The fourth-order valence-corrected chi connectivity index (χ4v) is 1.60. The molecule has 74 valence electrons. The van der Waals surface area contributed by atoms with Gasteiger partial charge in [0.05, 0.1) is 0 Å². The highest BCUT2D eigenvalue weighted by Crippen LogP contribution is 2.37. The molecular formula is C12H15NO. The number of hydrogen-bond acceptors (Lipinski definition) is 1. The predicted molar refractivity (Wildman–Crippen MR) is 55.6 cm³/mol. The molecule has 1 aliphatic carbocycles. The van der Waals surface area contributed by atoms with E-state index in [1.807, 2.05) is 30.3 Å². The van der Waals surface area contributed by atoms with Crippen molar-refractivity contribution in [2.75, 3.05) is 0 Å². The Bertz CT molecular complexity index is 320. The summed E-state index contributed by atoms with van der Waals surface area (Å²) in [5.41, 5.74) is 1.16. The SMILES string of the molecule is CC1C[C@H]1C(=O)NCc1ccccc1. The van der Waals surface area contributed by atoms with Gasteiger partial charge in [-0.2, -0.15) is 0 Å². The van der Waals surface area contributed by atoms with Crippen LogP contribution in [0.5, 0.6) is 0 Å². The Balaban J connectivity index is 1.80. The molecule has 1 unspecified atom stereocenters. The molecule has 1 fully saturated rings. The number of carbonyl (C=O) groups is 1. The van der Waals surface area contributed by atoms with Crippen LogP contribution in [0.15, 0.2) is 30.3 Å². The Morgan fingerprint density at radius 1 is 1.43 bits per heavy atom. The lowest BCUT2D eigenvalue weighted by Crippen LogP contribution is -2.24. The van der Waals surface area contributed by atoms with Gasteiger partial charge in [-0.3, -0.25) is 4.79 Å². The number of carbonyl (C=O) groups excluding carboxylic acids is 1. The Hall–Kier alpha value is -1.31. The van der Waals surface area contributed by atoms with Crippen molar-refractivity contribution >= 4 is 5.91 Å². The van der Waals surface area contributed by atoms with Crippen molar-refractivity contribution in [3.63, 3.8) is 0 Å². The van der Waals surface area contributed by atoms with E-state index in [-0.39, 0.29) is 11.8 Å². The van der Waals surface area contributed by atoms with Gasteiger partial charge in [-0.05, 0) is 17.9 Å². The molecule has 0 radical (unpaired) electrons. The minimum absolute atomic E-state index is 0.210. The lowest BCUT2D eigenvalue weighted by Gasteiger charge is -2.03. The molecule has 0 heterocycles. The number of amides is 1. The molecule has 1 aliphatic rings. The van der Waals surface area contributed by atoms with Crippen molar-refractivity contribution in [2.24, 2.45) is 11.8 Å². The van der Waals surface area contributed by atoms with E-state index < -0.39 is 0 Å². The molecule has 0 saturated heterocycles. The highest BCUT2D eigenvalue weighted by atomic mass is 16.2. The third-order valence-corrected chi connectivity index (χ3v) is 2.76. The van der Waals surface area contributed by atoms with Gasteiger partial charge in [-0.15, -0.1) is 0 Å². The molecule has 2 atom stereocenters. The third-order valence-electron chi connectivity index (χ3n) is 2.76. The molecule has 1 aromatic rings. The fourth-order valence-electron chi connectivity index (χ4n) is 1.60. The first kappa shape index (κ1) is 9.25. The van der Waals surface area contributed by atoms with Crippen LogP contribution in [0.3, 0.4) is 0 Å². The number of benzene rings is 1. The first-order valence-corrected chi connectivity index (χ1v) is 5.09. The van der Waals surface area contributed by atoms with E-state index in [0.717, 1.165) is 12.0 Å². The minimum atomic E-state index is 0.210. The van der Waals surface area contributed by atoms with Crippen LogP contribution in [-0.2, 0) is 11.3 Å². The molecule has 2 nitrogen and oxygen atoms in total. The highest BCUT2D eigenvalue weighted by Gasteiger charge is 2.38. The molecule has 0 aromatic heterocycles. The maximum Gasteiger partial charge on any atom is 0.223 e. The molecule has 0 bridgehead atoms. The van der Waals surface area contributed by atoms with Crippen LogP contribution < -0.4 is 5.32 Å². The maximum atomic E-state index is 11.5. The van der Waals surface area contributed by atoms with Gasteiger partial charge in [-0.25, -0.2) is 0 Å². The Morgan fingerprint density at radius 3 is 2.64 bits per heavy atom. The van der Waals surface area contributed by atoms with Crippen LogP contribution in [0, 0.1) is 11.8 Å². The second-order valence-corrected chi connectivity index (χ2v) is 4.02. The van der Waals surface area contributed by atoms with E-state index >= 15 is 0 Å². The number of hydrogen-bond donors (Lipinski definition) is 1. The van der Waals surface area contributed by atoms with E-state index in [2.05, 4.69) is 12.2 Å². The largest absolute Gasteiger partial charge is 0.352 e. The summed E-state index contributed by atoms with van der Waals surface area (Å²) in [5, 5.41) is 2.95. The van der Waals surface area contributed by atoms with Crippen molar-refractivity contribution in [1.29, 1.82) is 0 Å². The second kappa shape index (κ2) is 3.82. The normalized spacial score (nSPS) is 24.4. The molecule has 0 aliphatic heterocycles. The summed E-state index contributed by atoms with van der Waals surface area (Å²) >= 11 is 0. The first-order chi connectivity index (χ1) is 6.77. The van der Waals surface area contributed by atoms with Crippen LogP contribution in [0.1, 0.15) is 18.9 Å². The van der Waals surface area contributed by atoms with Crippen LogP contribution in [0.25, 0.3) is 0 Å². The molecule has 2 heteroatoms. The number of rotatable bonds is 3. The molecule has 1 saturated carbocycles. The molecule has 1 amide bonds. The Labute approximate surface area is 84.3 Å². The molecule has 2 rings (SSSR count). The van der Waals surface area contributed by atoms with Crippen molar-refractivity contribution in [2.45, 2.75) is 19.9 Å². The van der Waals surface area contributed by atoms with Gasteiger partial charge in [0, 0.05) is 12.5 Å². The van der Waals surface area contributed by atoms with Gasteiger partial charge in [-0.1, -0.05) is 37.3 Å². The van der Waals surface area contributed by atoms with Crippen LogP contribution in [-0.4, -0.2) is 5.91 Å². The van der Waals surface area contributed by atoms with Gasteiger partial charge < -0.3 is 5.32 Å². The lowest BCUT2D eigenvalue weighted by molar-refractivity contribution is -0.122. The average Bonchev–Trinajstić information content (AvgIpc) is 2.94. The van der Waals surface area contributed by atoms with Crippen molar-refractivity contribution in [1.82, 2.24) is 5.32 Å². The zero-order chi connectivity index (χ0) is 9.97. The van der Waals surface area contributed by atoms with E-state index in [1.54, 1.807) is 0 Å². The van der Waals surface area contributed by atoms with Crippen LogP contribution >= 0.6 is 0 Å². The molecule has 1 aromatic carbocycles. The summed E-state index contributed by atoms with van der Waals surface area (Å²) in [4.78, 5) is 11.5. The van der Waals surface area contributed by atoms with E-state index in [4.69, 9.17) is 0 Å². The van der Waals surface area contributed by atoms with E-state index in [9.17, 15) is 4.79 Å². The minimum Gasteiger partial charge on any atom is -0.352 e. The predicted octanol–water partition coefficient (Wildman–Crippen LogP) is 1.96. The molecule has 14 heavy (non-hydrogen) atoms. The van der Waals surface area contributed by atoms with E-state index in [0.29, 0.717) is 12.5 Å². The fraction of sp³-hybridized carbons (Fsp3) is 0.417. The summed E-state index contributed by atoms with van der Waals surface area (Å²) in [6, 6.07) is 10.0. The maximum absolute atomic E-state index is 11.5. The van der Waals surface area contributed by atoms with Gasteiger partial charge >= 0.3 is 0 Å². The first-order valence-electron chi connectivity index (χ1n) is 5.09. The van der Waals surface area contributed by atoms with E-state index in [1.165, 1.54) is 0 Å². The van der Waals surface area contributed by atoms with Crippen molar-refractivity contribution < 1.29 is 4.79 Å². The average molecular weight is 189 g/mol. The van der Waals surface area contributed by atoms with Gasteiger partial charge in [0.1, 0.15) is 0 Å². The zero-order valence-corrected chi connectivity index (χ0v) is 8.36. The van der Waals surface area contributed by atoms with Crippen molar-refractivity contribution in [3.05, 3.63) is 35.9 Å². The third kappa shape index (κ3) is 2.13.